The number of amides is 1. The second-order valence-electron chi connectivity index (χ2n) is 4.65. The predicted molar refractivity (Wildman–Crippen MR) is 76.2 cm³/mol. The van der Waals surface area contributed by atoms with E-state index < -0.39 is 0 Å². The molecule has 0 radical (unpaired) electrons. The molecule has 0 saturated carbocycles. The molecule has 1 aliphatic heterocycles. The highest BCUT2D eigenvalue weighted by Crippen LogP contribution is 2.38. The molecule has 0 spiro atoms. The number of fused-ring (bicyclic) bond motifs is 1. The highest BCUT2D eigenvalue weighted by molar-refractivity contribution is 6.32. The molecule has 110 valence electrons. The third-order valence-corrected chi connectivity index (χ3v) is 3.50. The number of para-hydroxylation sites is 1. The van der Waals surface area contributed by atoms with Crippen molar-refractivity contribution in [1.82, 2.24) is 20.3 Å². The summed E-state index contributed by atoms with van der Waals surface area (Å²) in [6, 6.07) is 5.21. The minimum absolute atomic E-state index is 0.245. The zero-order chi connectivity index (χ0) is 14.8. The van der Waals surface area contributed by atoms with E-state index >= 15 is 0 Å². The van der Waals surface area contributed by atoms with Gasteiger partial charge in [-0.05, 0) is 6.07 Å². The number of rotatable bonds is 4. The lowest BCUT2D eigenvalue weighted by atomic mass is 10.1. The molecule has 1 aliphatic rings. The van der Waals surface area contributed by atoms with Crippen LogP contribution in [0.4, 0.5) is 0 Å². The number of carbonyl (C=O) groups excluding carboxylic acids is 1. The van der Waals surface area contributed by atoms with Crippen LogP contribution in [0.25, 0.3) is 0 Å². The fraction of sp³-hybridized carbons (Fsp3) is 0.308. The summed E-state index contributed by atoms with van der Waals surface area (Å²) >= 11 is 6.05. The van der Waals surface area contributed by atoms with Gasteiger partial charge in [0, 0.05) is 12.1 Å². The van der Waals surface area contributed by atoms with E-state index in [0.717, 1.165) is 5.56 Å². The van der Waals surface area contributed by atoms with E-state index in [1.165, 1.54) is 4.68 Å². The fourth-order valence-electron chi connectivity index (χ4n) is 2.20. The van der Waals surface area contributed by atoms with E-state index in [1.54, 1.807) is 12.3 Å². The van der Waals surface area contributed by atoms with Gasteiger partial charge in [-0.15, -0.1) is 5.10 Å². The van der Waals surface area contributed by atoms with Gasteiger partial charge in [0.1, 0.15) is 12.4 Å². The molecule has 0 bridgehead atoms. The first-order valence-corrected chi connectivity index (χ1v) is 6.89. The summed E-state index contributed by atoms with van der Waals surface area (Å²) in [5.41, 5.74) is 6.54. The van der Waals surface area contributed by atoms with Crippen LogP contribution in [-0.4, -0.2) is 34.1 Å². The van der Waals surface area contributed by atoms with Crippen molar-refractivity contribution < 1.29 is 9.53 Å². The third kappa shape index (κ3) is 2.70. The number of hydrogen-bond acceptors (Lipinski definition) is 5. The summed E-state index contributed by atoms with van der Waals surface area (Å²) in [5, 5.41) is 11.1. The number of benzene rings is 1. The van der Waals surface area contributed by atoms with Crippen LogP contribution in [-0.2, 0) is 6.54 Å². The molecular formula is C13H14ClN5O2. The Kier molecular flexibility index (Phi) is 3.76. The maximum absolute atomic E-state index is 12.2. The van der Waals surface area contributed by atoms with Crippen molar-refractivity contribution in [1.29, 1.82) is 0 Å². The molecule has 1 aromatic carbocycles. The number of halogens is 1. The quantitative estimate of drug-likeness (QED) is 0.869. The smallest absolute Gasteiger partial charge is 0.274 e. The van der Waals surface area contributed by atoms with Crippen LogP contribution in [0.15, 0.2) is 24.4 Å². The maximum Gasteiger partial charge on any atom is 0.274 e. The van der Waals surface area contributed by atoms with Crippen LogP contribution in [0.5, 0.6) is 5.75 Å². The van der Waals surface area contributed by atoms with E-state index in [-0.39, 0.29) is 17.6 Å². The van der Waals surface area contributed by atoms with E-state index in [1.807, 2.05) is 12.1 Å². The van der Waals surface area contributed by atoms with Gasteiger partial charge in [-0.3, -0.25) is 9.48 Å². The lowest BCUT2D eigenvalue weighted by Gasteiger charge is -2.10. The van der Waals surface area contributed by atoms with Gasteiger partial charge in [-0.2, -0.15) is 0 Å². The van der Waals surface area contributed by atoms with Gasteiger partial charge in [0.25, 0.3) is 5.91 Å². The van der Waals surface area contributed by atoms with Crippen molar-refractivity contribution >= 4 is 17.5 Å². The predicted octanol–water partition coefficient (Wildman–Crippen LogP) is 0.754. The van der Waals surface area contributed by atoms with Gasteiger partial charge in [-0.25, -0.2) is 0 Å². The van der Waals surface area contributed by atoms with Gasteiger partial charge in [0.05, 0.1) is 23.8 Å². The molecule has 7 nitrogen and oxygen atoms in total. The first-order chi connectivity index (χ1) is 10.2. The Balaban J connectivity index is 1.73. The number of aromatic nitrogens is 3. The molecule has 0 fully saturated rings. The molecule has 8 heteroatoms. The molecule has 2 aromatic rings. The second kappa shape index (κ2) is 5.71. The Labute approximate surface area is 126 Å². The summed E-state index contributed by atoms with van der Waals surface area (Å²) in [4.78, 5) is 12.2. The second-order valence-corrected chi connectivity index (χ2v) is 5.06. The van der Waals surface area contributed by atoms with E-state index in [0.29, 0.717) is 30.5 Å². The van der Waals surface area contributed by atoms with Crippen molar-refractivity contribution in [2.45, 2.75) is 12.6 Å². The zero-order valence-electron chi connectivity index (χ0n) is 11.1. The average molecular weight is 308 g/mol. The summed E-state index contributed by atoms with van der Waals surface area (Å²) in [6.45, 7) is 1.31. The molecule has 0 aliphatic carbocycles. The Morgan fingerprint density at radius 1 is 1.57 bits per heavy atom. The van der Waals surface area contributed by atoms with Crippen molar-refractivity contribution in [3.63, 3.8) is 0 Å². The van der Waals surface area contributed by atoms with Crippen molar-refractivity contribution in [3.05, 3.63) is 40.7 Å². The highest BCUT2D eigenvalue weighted by atomic mass is 35.5. The normalized spacial score (nSPS) is 16.4. The van der Waals surface area contributed by atoms with Crippen LogP contribution in [0.1, 0.15) is 22.1 Å². The molecule has 1 aromatic heterocycles. The summed E-state index contributed by atoms with van der Waals surface area (Å²) in [7, 11) is 0. The molecule has 1 unspecified atom stereocenters. The molecule has 1 atom stereocenters. The van der Waals surface area contributed by atoms with Crippen molar-refractivity contribution in [2.24, 2.45) is 5.73 Å². The number of nitrogens with one attached hydrogen (secondary N) is 1. The third-order valence-electron chi connectivity index (χ3n) is 3.20. The minimum atomic E-state index is -0.306. The van der Waals surface area contributed by atoms with Crippen LogP contribution in [0, 0.1) is 0 Å². The minimum Gasteiger partial charge on any atom is -0.489 e. The maximum atomic E-state index is 12.2. The van der Waals surface area contributed by atoms with Crippen molar-refractivity contribution in [2.75, 3.05) is 13.2 Å². The lowest BCUT2D eigenvalue weighted by Crippen LogP contribution is -2.29. The Morgan fingerprint density at radius 3 is 3.24 bits per heavy atom. The standard InChI is InChI=1S/C13H14ClN5O2/c14-9-3-1-2-8-11(7-21-12(8)9)16-13(20)10-6-19(5-4-15)18-17-10/h1-3,6,11H,4-5,7,15H2,(H,16,20). The molecular weight excluding hydrogens is 294 g/mol. The lowest BCUT2D eigenvalue weighted by molar-refractivity contribution is 0.0925. The summed E-state index contributed by atoms with van der Waals surface area (Å²) in [6.07, 6.45) is 1.57. The summed E-state index contributed by atoms with van der Waals surface area (Å²) in [5.74, 6) is 0.316. The number of nitrogens with zero attached hydrogens (tertiary/aromatic N) is 3. The number of nitrogens with two attached hydrogens (primary N) is 1. The highest BCUT2D eigenvalue weighted by Gasteiger charge is 2.28. The molecule has 1 amide bonds. The number of ether oxygens (including phenoxy) is 1. The average Bonchev–Trinajstić information content (AvgIpc) is 3.08. The molecule has 21 heavy (non-hydrogen) atoms. The van der Waals surface area contributed by atoms with Crippen LogP contribution in [0.2, 0.25) is 5.02 Å². The van der Waals surface area contributed by atoms with Crippen LogP contribution in [0.3, 0.4) is 0 Å². The molecule has 2 heterocycles. The topological polar surface area (TPSA) is 95.1 Å². The number of carbonyl (C=O) groups is 1. The van der Waals surface area contributed by atoms with E-state index in [4.69, 9.17) is 22.1 Å². The molecule has 0 saturated heterocycles. The first kappa shape index (κ1) is 13.8. The number of hydrogen-bond donors (Lipinski definition) is 2. The Bertz CT molecular complexity index is 672. The Hall–Kier alpha value is -2.12. The first-order valence-electron chi connectivity index (χ1n) is 6.51. The van der Waals surface area contributed by atoms with Crippen LogP contribution < -0.4 is 15.8 Å². The fourth-order valence-corrected chi connectivity index (χ4v) is 2.44. The van der Waals surface area contributed by atoms with Crippen LogP contribution >= 0.6 is 11.6 Å². The van der Waals surface area contributed by atoms with Gasteiger partial charge in [-0.1, -0.05) is 28.9 Å². The van der Waals surface area contributed by atoms with E-state index in [2.05, 4.69) is 15.6 Å². The monoisotopic (exact) mass is 307 g/mol. The van der Waals surface area contributed by atoms with Crippen molar-refractivity contribution in [3.8, 4) is 5.75 Å². The summed E-state index contributed by atoms with van der Waals surface area (Å²) < 4.78 is 7.05. The molecule has 3 rings (SSSR count). The van der Waals surface area contributed by atoms with Gasteiger partial charge in [0.15, 0.2) is 5.69 Å². The van der Waals surface area contributed by atoms with Gasteiger partial charge >= 0.3 is 0 Å². The largest absolute Gasteiger partial charge is 0.489 e. The molecule has 3 N–H and O–H groups in total. The SMILES string of the molecule is NCCn1cc(C(=O)NC2COc3c(Cl)cccc32)nn1. The van der Waals surface area contributed by atoms with E-state index in [9.17, 15) is 4.79 Å². The zero-order valence-corrected chi connectivity index (χ0v) is 11.9. The van der Waals surface area contributed by atoms with Gasteiger partial charge in [0.2, 0.25) is 0 Å². The Morgan fingerprint density at radius 2 is 2.43 bits per heavy atom. The van der Waals surface area contributed by atoms with Gasteiger partial charge < -0.3 is 15.8 Å².